The van der Waals surface area contributed by atoms with Crippen LogP contribution in [0.25, 0.3) is 0 Å². The Hall–Kier alpha value is -1.49. The zero-order valence-electron chi connectivity index (χ0n) is 13.7. The molecular weight excluding hydrogens is 328 g/mol. The molecule has 2 saturated carbocycles. The first-order valence-electron chi connectivity index (χ1n) is 8.68. The first-order chi connectivity index (χ1) is 11.7. The van der Waals surface area contributed by atoms with Crippen molar-refractivity contribution in [1.82, 2.24) is 0 Å². The lowest BCUT2D eigenvalue weighted by molar-refractivity contribution is 0.601. The van der Waals surface area contributed by atoms with Crippen molar-refractivity contribution in [2.45, 2.75) is 12.8 Å². The monoisotopic (exact) mass is 348 g/mol. The fourth-order valence-corrected chi connectivity index (χ4v) is 5.66. The van der Waals surface area contributed by atoms with E-state index in [0.29, 0.717) is 35.5 Å². The predicted octanol–water partition coefficient (Wildman–Crippen LogP) is 5.35. The van der Waals surface area contributed by atoms with E-state index in [1.165, 1.54) is 29.2 Å². The van der Waals surface area contributed by atoms with Crippen LogP contribution in [0, 0.1) is 35.5 Å². The van der Waals surface area contributed by atoms with Crippen LogP contribution in [0.2, 0.25) is 0 Å². The summed E-state index contributed by atoms with van der Waals surface area (Å²) in [6, 6.07) is 0. The summed E-state index contributed by atoms with van der Waals surface area (Å²) in [6.07, 6.45) is 18.7. The number of hydrogen-bond acceptors (Lipinski definition) is 0. The minimum atomic E-state index is 0.290. The predicted molar refractivity (Wildman–Crippen MR) is 103 cm³/mol. The van der Waals surface area contributed by atoms with Crippen molar-refractivity contribution in [1.29, 1.82) is 0 Å². The zero-order chi connectivity index (χ0) is 16.7. The Morgan fingerprint density at radius 2 is 1.58 bits per heavy atom. The Kier molecular flexibility index (Phi) is 4.29. The second-order valence-electron chi connectivity index (χ2n) is 7.17. The van der Waals surface area contributed by atoms with E-state index < -0.39 is 0 Å². The second kappa shape index (κ2) is 6.43. The van der Waals surface area contributed by atoms with Gasteiger partial charge in [-0.2, -0.15) is 11.1 Å². The molecule has 0 saturated heterocycles. The first kappa shape index (κ1) is 16.0. The van der Waals surface area contributed by atoms with E-state index >= 15 is 0 Å². The maximum atomic E-state index is 6.27. The number of allylic oxidation sites excluding steroid dienone is 10. The molecule has 6 unspecified atom stereocenters. The highest BCUT2D eigenvalue weighted by Crippen LogP contribution is 2.49. The second-order valence-corrected chi connectivity index (χ2v) is 8.51. The molecule has 6 atom stereocenters. The third kappa shape index (κ3) is 2.53. The van der Waals surface area contributed by atoms with Crippen molar-refractivity contribution in [2.75, 3.05) is 0 Å². The summed E-state index contributed by atoms with van der Waals surface area (Å²) < 4.78 is 0. The van der Waals surface area contributed by atoms with Crippen LogP contribution in [-0.2, 0) is 0 Å². The molecule has 0 aliphatic heterocycles. The van der Waals surface area contributed by atoms with Crippen LogP contribution >= 0.6 is 11.1 Å². The van der Waals surface area contributed by atoms with Crippen LogP contribution in [-0.4, -0.2) is 8.83 Å². The van der Waals surface area contributed by atoms with Crippen LogP contribution < -0.4 is 0 Å². The maximum Gasteiger partial charge on any atom is 0.210 e. The zero-order valence-corrected chi connectivity index (χ0v) is 15.5. The molecular formula is C22H21ClSi. The van der Waals surface area contributed by atoms with Gasteiger partial charge in [-0.25, -0.2) is 0 Å². The molecule has 0 heterocycles. The van der Waals surface area contributed by atoms with Crippen molar-refractivity contribution in [3.05, 3.63) is 83.5 Å². The number of halogens is 1. The van der Waals surface area contributed by atoms with E-state index in [1.54, 1.807) is 0 Å². The maximum absolute atomic E-state index is 6.27. The van der Waals surface area contributed by atoms with Gasteiger partial charge in [0.1, 0.15) is 0 Å². The average molecular weight is 349 g/mol. The molecule has 0 aromatic rings. The summed E-state index contributed by atoms with van der Waals surface area (Å²) in [5.74, 6) is 3.19. The standard InChI is InChI=1S/C22H21ClSi/c1-3-19-14-5-7-16(11-14)21(19)10-9-18(24-23)13-22-17-8-6-15(12-17)20(22)4-2/h5-10,13-17,21-22H,1-2,11-12H2. The lowest BCUT2D eigenvalue weighted by Crippen LogP contribution is -2.09. The third-order valence-electron chi connectivity index (χ3n) is 6.03. The molecule has 0 N–H and O–H groups in total. The Morgan fingerprint density at radius 1 is 1.00 bits per heavy atom. The first-order valence-corrected chi connectivity index (χ1v) is 10.7. The van der Waals surface area contributed by atoms with Gasteiger partial charge < -0.3 is 0 Å². The minimum absolute atomic E-state index is 0.290. The fraction of sp³-hybridized carbons (Fsp3) is 0.364. The Labute approximate surface area is 151 Å². The van der Waals surface area contributed by atoms with E-state index in [1.807, 2.05) is 0 Å². The molecule has 2 heteroatoms. The molecule has 4 rings (SSSR count). The van der Waals surface area contributed by atoms with E-state index in [9.17, 15) is 0 Å². The van der Waals surface area contributed by atoms with E-state index in [2.05, 4.69) is 67.2 Å². The SMILES string of the molecule is C=C=C1C2C=CC(C2)C1C=CC(=CC1C(=C=C)C2C=CC1C2)[Si]Cl. The smallest absolute Gasteiger partial charge is 0.165 e. The van der Waals surface area contributed by atoms with Gasteiger partial charge in [0.2, 0.25) is 8.83 Å². The van der Waals surface area contributed by atoms with Crippen molar-refractivity contribution < 1.29 is 0 Å². The summed E-state index contributed by atoms with van der Waals surface area (Å²) in [7, 11) is 0.290. The number of fused-ring (bicyclic) bond motifs is 4. The van der Waals surface area contributed by atoms with Gasteiger partial charge in [0.05, 0.1) is 0 Å². The highest BCUT2D eigenvalue weighted by molar-refractivity contribution is 6.98. The average Bonchev–Trinajstić information content (AvgIpc) is 3.37. The highest BCUT2D eigenvalue weighted by atomic mass is 35.6. The van der Waals surface area contributed by atoms with E-state index in [-0.39, 0.29) is 8.83 Å². The summed E-state index contributed by atoms with van der Waals surface area (Å²) in [4.78, 5) is 0. The van der Waals surface area contributed by atoms with Gasteiger partial charge in [-0.1, -0.05) is 55.7 Å². The van der Waals surface area contributed by atoms with Gasteiger partial charge in [-0.05, 0) is 41.0 Å². The van der Waals surface area contributed by atoms with Gasteiger partial charge in [0.25, 0.3) is 0 Å². The topological polar surface area (TPSA) is 0 Å². The quantitative estimate of drug-likeness (QED) is 0.211. The minimum Gasteiger partial charge on any atom is -0.165 e. The van der Waals surface area contributed by atoms with Gasteiger partial charge >= 0.3 is 0 Å². The molecule has 4 aliphatic carbocycles. The molecule has 0 amide bonds. The molecule has 4 bridgehead atoms. The molecule has 0 aromatic carbocycles. The van der Waals surface area contributed by atoms with Crippen molar-refractivity contribution >= 4 is 19.9 Å². The van der Waals surface area contributed by atoms with Gasteiger partial charge in [-0.3, -0.25) is 0 Å². The lowest BCUT2D eigenvalue weighted by Gasteiger charge is -2.18. The molecule has 4 aliphatic rings. The van der Waals surface area contributed by atoms with Crippen molar-refractivity contribution in [3.63, 3.8) is 0 Å². The van der Waals surface area contributed by atoms with Crippen molar-refractivity contribution in [3.8, 4) is 0 Å². The van der Waals surface area contributed by atoms with Crippen LogP contribution in [0.5, 0.6) is 0 Å². The number of hydrogen-bond donors (Lipinski definition) is 0. The Balaban J connectivity index is 1.57. The normalized spacial score (nSPS) is 39.3. The Morgan fingerprint density at radius 3 is 2.17 bits per heavy atom. The molecule has 0 spiro atoms. The van der Waals surface area contributed by atoms with Crippen LogP contribution in [0.1, 0.15) is 12.8 Å². The molecule has 120 valence electrons. The molecule has 2 radical (unpaired) electrons. The third-order valence-corrected chi connectivity index (χ3v) is 7.24. The molecule has 0 aromatic heterocycles. The van der Waals surface area contributed by atoms with Crippen molar-refractivity contribution in [2.24, 2.45) is 35.5 Å². The molecule has 24 heavy (non-hydrogen) atoms. The molecule has 0 nitrogen and oxygen atoms in total. The van der Waals surface area contributed by atoms with E-state index in [0.717, 1.165) is 0 Å². The summed E-state index contributed by atoms with van der Waals surface area (Å²) in [5.41, 5.74) is 9.06. The Bertz CT molecular complexity index is 768. The van der Waals surface area contributed by atoms with E-state index in [4.69, 9.17) is 11.1 Å². The molecule has 2 fully saturated rings. The summed E-state index contributed by atoms with van der Waals surface area (Å²) in [5, 5.41) is 1.23. The largest absolute Gasteiger partial charge is 0.210 e. The summed E-state index contributed by atoms with van der Waals surface area (Å²) >= 11 is 6.27. The fourth-order valence-electron chi connectivity index (χ4n) is 4.88. The van der Waals surface area contributed by atoms with Gasteiger partial charge in [0.15, 0.2) is 0 Å². The lowest BCUT2D eigenvalue weighted by atomic mass is 9.87. The number of rotatable bonds is 4. The highest BCUT2D eigenvalue weighted by Gasteiger charge is 2.40. The van der Waals surface area contributed by atoms with Gasteiger partial charge in [-0.15, -0.1) is 11.5 Å². The van der Waals surface area contributed by atoms with Gasteiger partial charge in [0, 0.05) is 23.7 Å². The summed E-state index contributed by atoms with van der Waals surface area (Å²) in [6.45, 7) is 7.79. The van der Waals surface area contributed by atoms with Crippen LogP contribution in [0.15, 0.2) is 83.5 Å². The van der Waals surface area contributed by atoms with Crippen LogP contribution in [0.4, 0.5) is 0 Å². The van der Waals surface area contributed by atoms with Crippen LogP contribution in [0.3, 0.4) is 0 Å².